The van der Waals surface area contributed by atoms with Crippen molar-refractivity contribution >= 4 is 110 Å². The summed E-state index contributed by atoms with van der Waals surface area (Å²) in [5.74, 6) is 0.331. The Balaban J connectivity index is 1.04. The smallest absolute Gasteiger partial charge is 0.159 e. The van der Waals surface area contributed by atoms with Gasteiger partial charge in [-0.15, -0.1) is 0 Å². The van der Waals surface area contributed by atoms with Gasteiger partial charge in [0.2, 0.25) is 0 Å². The summed E-state index contributed by atoms with van der Waals surface area (Å²) < 4.78 is 14.2. The van der Waals surface area contributed by atoms with E-state index in [1.54, 1.807) is 0 Å². The molecule has 16 aromatic rings. The first-order chi connectivity index (χ1) is 42.3. The molecule has 0 fully saturated rings. The summed E-state index contributed by atoms with van der Waals surface area (Å²) in [6, 6.07) is 102. The van der Waals surface area contributed by atoms with E-state index in [4.69, 9.17) is 8.83 Å². The van der Waals surface area contributed by atoms with Gasteiger partial charge in [-0.2, -0.15) is 0 Å². The summed E-state index contributed by atoms with van der Waals surface area (Å²) in [6.45, 7) is 9.37. The van der Waals surface area contributed by atoms with Crippen molar-refractivity contribution in [1.82, 2.24) is 0 Å². The van der Waals surface area contributed by atoms with Crippen LogP contribution in [0.2, 0.25) is 0 Å². The van der Waals surface area contributed by atoms with E-state index >= 15 is 0 Å². The molecule has 0 saturated heterocycles. The predicted molar refractivity (Wildman–Crippen MR) is 364 cm³/mol. The van der Waals surface area contributed by atoms with Crippen LogP contribution >= 0.6 is 0 Å². The highest BCUT2D eigenvalue weighted by Gasteiger charge is 2.31. The molecule has 4 nitrogen and oxygen atoms in total. The lowest BCUT2D eigenvalue weighted by Crippen LogP contribution is -2.14. The van der Waals surface area contributed by atoms with Crippen LogP contribution < -0.4 is 9.80 Å². The number of rotatable bonds is 12. The van der Waals surface area contributed by atoms with E-state index in [0.29, 0.717) is 0 Å². The first-order valence-electron chi connectivity index (χ1n) is 30.0. The van der Waals surface area contributed by atoms with Crippen LogP contribution in [0, 0.1) is 0 Å². The molecule has 410 valence electrons. The Morgan fingerprint density at radius 1 is 0.244 bits per heavy atom. The van der Waals surface area contributed by atoms with Crippen molar-refractivity contribution in [2.24, 2.45) is 0 Å². The Labute approximate surface area is 500 Å². The number of para-hydroxylation sites is 4. The Kier molecular flexibility index (Phi) is 12.2. The highest BCUT2D eigenvalue weighted by Crippen LogP contribution is 2.55. The molecule has 0 aliphatic heterocycles. The molecule has 16 rings (SSSR count). The SMILES string of the molecule is CC(C)c1cc(N(c2ccc(-c3ccccc3)cc2-c2ccccc2)c2cccc3c2oc2ccccc23)c2ccc3c(C(C)C)cc(N(c4ccc(-c5ccccc5)cc4-c4ccccc4)c4cccc5c4oc4ccccc45)c4ccc1c2c34. The monoisotopic (exact) mass is 1100 g/mol. The highest BCUT2D eigenvalue weighted by molar-refractivity contribution is 6.30. The molecular weight excluding hydrogens is 1040 g/mol. The van der Waals surface area contributed by atoms with Gasteiger partial charge in [-0.25, -0.2) is 0 Å². The van der Waals surface area contributed by atoms with E-state index in [1.165, 1.54) is 32.7 Å². The van der Waals surface area contributed by atoms with Crippen molar-refractivity contribution in [1.29, 1.82) is 0 Å². The predicted octanol–water partition coefficient (Wildman–Crippen LogP) is 24.2. The van der Waals surface area contributed by atoms with E-state index in [0.717, 1.165) is 133 Å². The normalized spacial score (nSPS) is 11.9. The summed E-state index contributed by atoms with van der Waals surface area (Å²) in [4.78, 5) is 5.03. The molecule has 0 aliphatic rings. The fourth-order valence-electron chi connectivity index (χ4n) is 13.7. The minimum absolute atomic E-state index is 0.166. The van der Waals surface area contributed by atoms with E-state index in [-0.39, 0.29) is 11.8 Å². The van der Waals surface area contributed by atoms with Gasteiger partial charge >= 0.3 is 0 Å². The minimum atomic E-state index is 0.166. The van der Waals surface area contributed by atoms with Gasteiger partial charge in [0, 0.05) is 43.4 Å². The molecule has 0 N–H and O–H groups in total. The lowest BCUT2D eigenvalue weighted by molar-refractivity contribution is 0.669. The van der Waals surface area contributed by atoms with Crippen LogP contribution in [-0.2, 0) is 0 Å². The molecule has 0 atom stereocenters. The van der Waals surface area contributed by atoms with Gasteiger partial charge < -0.3 is 18.6 Å². The molecule has 0 amide bonds. The number of anilines is 6. The second-order valence-corrected chi connectivity index (χ2v) is 23.5. The summed E-state index contributed by atoms with van der Waals surface area (Å²) in [5, 5.41) is 11.6. The van der Waals surface area contributed by atoms with Crippen molar-refractivity contribution in [2.75, 3.05) is 9.80 Å². The van der Waals surface area contributed by atoms with E-state index < -0.39 is 0 Å². The van der Waals surface area contributed by atoms with Crippen molar-refractivity contribution in [2.45, 2.75) is 39.5 Å². The van der Waals surface area contributed by atoms with E-state index in [9.17, 15) is 0 Å². The van der Waals surface area contributed by atoms with E-state index in [1.807, 2.05) is 0 Å². The van der Waals surface area contributed by atoms with Gasteiger partial charge in [-0.3, -0.25) is 0 Å². The Morgan fingerprint density at radius 3 is 0.988 bits per heavy atom. The molecule has 0 radical (unpaired) electrons. The molecule has 2 heterocycles. The van der Waals surface area contributed by atoms with Crippen LogP contribution in [0.3, 0.4) is 0 Å². The summed E-state index contributed by atoms with van der Waals surface area (Å²) in [7, 11) is 0. The average Bonchev–Trinajstić information content (AvgIpc) is 0.773. The van der Waals surface area contributed by atoms with Gasteiger partial charge in [-0.05, 0) is 139 Å². The molecule has 0 aliphatic carbocycles. The summed E-state index contributed by atoms with van der Waals surface area (Å²) in [5.41, 5.74) is 21.2. The number of nitrogens with zero attached hydrogens (tertiary/aromatic N) is 2. The lowest BCUT2D eigenvalue weighted by atomic mass is 9.83. The van der Waals surface area contributed by atoms with Gasteiger partial charge in [0.05, 0.1) is 34.1 Å². The summed E-state index contributed by atoms with van der Waals surface area (Å²) >= 11 is 0. The fraction of sp³-hybridized carbons (Fsp3) is 0.0732. The average molecular weight is 1110 g/mol. The van der Waals surface area contributed by atoms with Crippen LogP contribution in [0.4, 0.5) is 34.1 Å². The number of fused-ring (bicyclic) bond motifs is 6. The molecule has 0 unspecified atom stereocenters. The molecule has 14 aromatic carbocycles. The second-order valence-electron chi connectivity index (χ2n) is 23.5. The van der Waals surface area contributed by atoms with E-state index in [2.05, 4.69) is 317 Å². The molecular formula is C82H60N2O2. The fourth-order valence-corrected chi connectivity index (χ4v) is 13.7. The zero-order valence-corrected chi connectivity index (χ0v) is 48.4. The quantitative estimate of drug-likeness (QED) is 0.114. The number of hydrogen-bond donors (Lipinski definition) is 0. The maximum atomic E-state index is 7.09. The standard InChI is InChI=1S/C82H60N2O2/c1-51(2)67-49-75(83(73-35-21-33-63-59-31-17-19-37-77(59)85-81(63)73)71-45-39-57(53-23-9-5-10-24-53)47-69(71)55-27-13-7-14-28-55)65-44-42-62-68(52(3)4)50-76(66-43-41-61(67)79(65)80(62)66)84(74-36-22-34-64-60-32-18-20-38-78(60)86-82(64)74)72-46-40-58(54-25-11-6-12-26-54)48-70(72)56-29-15-8-16-30-56/h5-52H,1-4H3. The third kappa shape index (κ3) is 8.27. The van der Waals surface area contributed by atoms with Crippen molar-refractivity contribution in [3.63, 3.8) is 0 Å². The van der Waals surface area contributed by atoms with Crippen LogP contribution in [0.1, 0.15) is 50.7 Å². The minimum Gasteiger partial charge on any atom is -0.454 e. The Bertz CT molecular complexity index is 4900. The first-order valence-corrected chi connectivity index (χ1v) is 30.0. The number of benzene rings is 14. The number of hydrogen-bond acceptors (Lipinski definition) is 4. The maximum absolute atomic E-state index is 7.09. The largest absolute Gasteiger partial charge is 0.454 e. The van der Waals surface area contributed by atoms with Crippen LogP contribution in [0.15, 0.2) is 288 Å². The molecule has 2 aromatic heterocycles. The van der Waals surface area contributed by atoms with Crippen LogP contribution in [-0.4, -0.2) is 0 Å². The molecule has 4 heteroatoms. The Hall–Kier alpha value is -10.7. The zero-order chi connectivity index (χ0) is 57.6. The maximum Gasteiger partial charge on any atom is 0.159 e. The third-order valence-electron chi connectivity index (χ3n) is 17.8. The lowest BCUT2D eigenvalue weighted by Gasteiger charge is -2.33. The van der Waals surface area contributed by atoms with Crippen LogP contribution in [0.25, 0.3) is 121 Å². The highest BCUT2D eigenvalue weighted by atomic mass is 16.3. The first kappa shape index (κ1) is 51.0. The van der Waals surface area contributed by atoms with Gasteiger partial charge in [0.1, 0.15) is 11.2 Å². The zero-order valence-electron chi connectivity index (χ0n) is 48.4. The summed E-state index contributed by atoms with van der Waals surface area (Å²) in [6.07, 6.45) is 0. The van der Waals surface area contributed by atoms with Gasteiger partial charge in [0.25, 0.3) is 0 Å². The van der Waals surface area contributed by atoms with Crippen molar-refractivity contribution in [3.8, 4) is 44.5 Å². The topological polar surface area (TPSA) is 32.8 Å². The molecule has 0 saturated carbocycles. The second kappa shape index (κ2) is 20.6. The molecule has 86 heavy (non-hydrogen) atoms. The van der Waals surface area contributed by atoms with Crippen molar-refractivity contribution in [3.05, 3.63) is 290 Å². The van der Waals surface area contributed by atoms with Gasteiger partial charge in [0.15, 0.2) is 11.2 Å². The number of furan rings is 2. The third-order valence-corrected chi connectivity index (χ3v) is 17.8. The molecule has 0 spiro atoms. The van der Waals surface area contributed by atoms with Crippen molar-refractivity contribution < 1.29 is 8.83 Å². The Morgan fingerprint density at radius 2 is 0.593 bits per heavy atom. The van der Waals surface area contributed by atoms with Gasteiger partial charge in [-0.1, -0.05) is 246 Å². The molecule has 0 bridgehead atoms. The van der Waals surface area contributed by atoms with Crippen LogP contribution in [0.5, 0.6) is 0 Å².